The first-order valence-corrected chi connectivity index (χ1v) is 12.2. The van der Waals surface area contributed by atoms with Crippen LogP contribution in [-0.4, -0.2) is 31.6 Å². The Morgan fingerprint density at radius 3 is 2.70 bits per heavy atom. The highest BCUT2D eigenvalue weighted by Gasteiger charge is 2.23. The lowest BCUT2D eigenvalue weighted by atomic mass is 9.99. The van der Waals surface area contributed by atoms with Gasteiger partial charge >= 0.3 is 0 Å². The molecule has 6 rings (SSSR count). The van der Waals surface area contributed by atoms with Gasteiger partial charge in [-0.15, -0.1) is 10.2 Å². The van der Waals surface area contributed by atoms with Crippen molar-refractivity contribution in [2.75, 3.05) is 16.8 Å². The van der Waals surface area contributed by atoms with Crippen LogP contribution in [0.5, 0.6) is 0 Å². The molecule has 0 fully saturated rings. The summed E-state index contributed by atoms with van der Waals surface area (Å²) in [5.74, 6) is 0.562. The monoisotopic (exact) mass is 496 g/mol. The second kappa shape index (κ2) is 8.85. The first kappa shape index (κ1) is 22.9. The summed E-state index contributed by atoms with van der Waals surface area (Å²) in [7, 11) is 1.71. The molecule has 3 aromatic carbocycles. The number of nitrogens with one attached hydrogen (secondary N) is 1. The second-order valence-electron chi connectivity index (χ2n) is 9.43. The van der Waals surface area contributed by atoms with Crippen LogP contribution in [0.4, 0.5) is 15.8 Å². The minimum atomic E-state index is -0.381. The van der Waals surface area contributed by atoms with Crippen LogP contribution in [0.3, 0.4) is 0 Å². The third kappa shape index (κ3) is 3.92. The predicted octanol–water partition coefficient (Wildman–Crippen LogP) is 4.23. The maximum atomic E-state index is 13.3. The van der Waals surface area contributed by atoms with Gasteiger partial charge in [0.1, 0.15) is 5.82 Å². The van der Waals surface area contributed by atoms with E-state index in [2.05, 4.69) is 20.4 Å². The van der Waals surface area contributed by atoms with Gasteiger partial charge in [0.05, 0.1) is 17.4 Å². The Morgan fingerprint density at radius 2 is 1.89 bits per heavy atom. The fraction of sp³-hybridized carbons (Fsp3) is 0.214. The lowest BCUT2D eigenvalue weighted by Gasteiger charge is -2.32. The smallest absolute Gasteiger partial charge is 0.262 e. The van der Waals surface area contributed by atoms with E-state index in [9.17, 15) is 14.0 Å². The number of aryl methyl sites for hydroxylation is 2. The number of nitrogens with zero attached hydrogens (tertiary/aromatic N) is 5. The number of hydrogen-bond donors (Lipinski definition) is 1. The molecular weight excluding hydrogens is 471 g/mol. The van der Waals surface area contributed by atoms with Crippen LogP contribution in [0.15, 0.2) is 65.5 Å². The molecule has 9 heteroatoms. The SMILES string of the molecule is Cc1ccc2c(c1)c(=O)n(C)c1nnc(CN3CCCc4c(NC(=O)c5ccc(F)cc5)cccc43)n21. The molecule has 0 radical (unpaired) electrons. The number of carbonyl (C=O) groups excluding carboxylic acids is 1. The molecule has 0 saturated carbocycles. The van der Waals surface area contributed by atoms with E-state index < -0.39 is 0 Å². The normalized spacial score (nSPS) is 13.2. The summed E-state index contributed by atoms with van der Waals surface area (Å²) >= 11 is 0. The van der Waals surface area contributed by atoms with E-state index in [4.69, 9.17) is 0 Å². The van der Waals surface area contributed by atoms with Crippen LogP contribution >= 0.6 is 0 Å². The molecule has 0 unspecified atom stereocenters. The second-order valence-corrected chi connectivity index (χ2v) is 9.43. The lowest BCUT2D eigenvalue weighted by molar-refractivity contribution is 0.102. The van der Waals surface area contributed by atoms with Crippen molar-refractivity contribution in [2.45, 2.75) is 26.3 Å². The minimum Gasteiger partial charge on any atom is -0.364 e. The third-order valence-corrected chi connectivity index (χ3v) is 6.97. The Morgan fingerprint density at radius 1 is 1.08 bits per heavy atom. The molecule has 1 aliphatic heterocycles. The van der Waals surface area contributed by atoms with Gasteiger partial charge in [-0.05, 0) is 73.9 Å². The zero-order valence-corrected chi connectivity index (χ0v) is 20.5. The third-order valence-electron chi connectivity index (χ3n) is 6.97. The van der Waals surface area contributed by atoms with Crippen molar-refractivity contribution in [1.29, 1.82) is 0 Å². The zero-order valence-electron chi connectivity index (χ0n) is 20.5. The number of amides is 1. The molecule has 0 atom stereocenters. The Hall–Kier alpha value is -4.53. The van der Waals surface area contributed by atoms with Gasteiger partial charge in [0.2, 0.25) is 5.78 Å². The topological polar surface area (TPSA) is 84.5 Å². The van der Waals surface area contributed by atoms with Crippen molar-refractivity contribution in [2.24, 2.45) is 7.05 Å². The number of hydrogen-bond acceptors (Lipinski definition) is 5. The van der Waals surface area contributed by atoms with Crippen molar-refractivity contribution >= 4 is 34.0 Å². The molecule has 8 nitrogen and oxygen atoms in total. The summed E-state index contributed by atoms with van der Waals surface area (Å²) in [6.07, 6.45) is 1.73. The molecule has 3 heterocycles. The van der Waals surface area contributed by atoms with E-state index in [0.29, 0.717) is 23.3 Å². The Labute approximate surface area is 212 Å². The van der Waals surface area contributed by atoms with E-state index in [1.54, 1.807) is 7.05 Å². The molecule has 1 aliphatic rings. The molecule has 0 spiro atoms. The van der Waals surface area contributed by atoms with E-state index in [0.717, 1.165) is 53.2 Å². The summed E-state index contributed by atoms with van der Waals surface area (Å²) in [4.78, 5) is 28.0. The quantitative estimate of drug-likeness (QED) is 0.403. The average Bonchev–Trinajstić information content (AvgIpc) is 3.32. The molecule has 0 aliphatic carbocycles. The number of benzene rings is 3. The summed E-state index contributed by atoms with van der Waals surface area (Å²) in [5, 5.41) is 12.4. The molecule has 1 amide bonds. The first-order chi connectivity index (χ1) is 17.9. The first-order valence-electron chi connectivity index (χ1n) is 12.2. The molecule has 37 heavy (non-hydrogen) atoms. The molecule has 0 saturated heterocycles. The van der Waals surface area contributed by atoms with E-state index in [1.807, 2.05) is 47.7 Å². The fourth-order valence-corrected chi connectivity index (χ4v) is 5.11. The van der Waals surface area contributed by atoms with Gasteiger partial charge in [-0.2, -0.15) is 0 Å². The van der Waals surface area contributed by atoms with E-state index in [1.165, 1.54) is 28.8 Å². The number of halogens is 1. The molecule has 1 N–H and O–H groups in total. The van der Waals surface area contributed by atoms with Crippen LogP contribution in [0.2, 0.25) is 0 Å². The van der Waals surface area contributed by atoms with Gasteiger partial charge in [0, 0.05) is 30.5 Å². The highest BCUT2D eigenvalue weighted by Crippen LogP contribution is 2.34. The van der Waals surface area contributed by atoms with Crippen molar-refractivity contribution in [3.05, 3.63) is 99.3 Å². The summed E-state index contributed by atoms with van der Waals surface area (Å²) < 4.78 is 16.8. The van der Waals surface area contributed by atoms with Crippen molar-refractivity contribution in [3.63, 3.8) is 0 Å². The Kier molecular flexibility index (Phi) is 5.48. The highest BCUT2D eigenvalue weighted by atomic mass is 19.1. The Balaban J connectivity index is 1.37. The van der Waals surface area contributed by atoms with Gasteiger partial charge in [0.25, 0.3) is 11.5 Å². The summed E-state index contributed by atoms with van der Waals surface area (Å²) in [6, 6.07) is 17.2. The fourth-order valence-electron chi connectivity index (χ4n) is 5.11. The minimum absolute atomic E-state index is 0.102. The van der Waals surface area contributed by atoms with Gasteiger partial charge in [0.15, 0.2) is 5.82 Å². The standard InChI is InChI=1S/C28H25FN6O2/c1-17-8-13-24-21(15-17)27(37)33(2)28-32-31-25(35(24)28)16-34-14-4-5-20-22(6-3-7-23(20)34)30-26(36)18-9-11-19(29)12-10-18/h3,6-13,15H,4-5,14,16H2,1-2H3,(H,30,36). The van der Waals surface area contributed by atoms with Crippen molar-refractivity contribution in [3.8, 4) is 0 Å². The van der Waals surface area contributed by atoms with Crippen molar-refractivity contribution in [1.82, 2.24) is 19.2 Å². The number of carbonyl (C=O) groups is 1. The summed E-state index contributed by atoms with van der Waals surface area (Å²) in [5.41, 5.74) is 4.89. The molecule has 5 aromatic rings. The zero-order chi connectivity index (χ0) is 25.7. The van der Waals surface area contributed by atoms with Gasteiger partial charge in [-0.3, -0.25) is 18.6 Å². The van der Waals surface area contributed by atoms with Crippen LogP contribution in [0, 0.1) is 12.7 Å². The molecular formula is C28H25FN6O2. The van der Waals surface area contributed by atoms with E-state index in [-0.39, 0.29) is 17.3 Å². The maximum Gasteiger partial charge on any atom is 0.262 e. The van der Waals surface area contributed by atoms with Crippen molar-refractivity contribution < 1.29 is 9.18 Å². The van der Waals surface area contributed by atoms with Crippen LogP contribution in [0.25, 0.3) is 16.7 Å². The molecule has 0 bridgehead atoms. The van der Waals surface area contributed by atoms with E-state index >= 15 is 0 Å². The number of fused-ring (bicyclic) bond motifs is 4. The maximum absolute atomic E-state index is 13.3. The average molecular weight is 497 g/mol. The van der Waals surface area contributed by atoms with Crippen LogP contribution in [-0.2, 0) is 20.0 Å². The van der Waals surface area contributed by atoms with Gasteiger partial charge < -0.3 is 10.2 Å². The number of aromatic nitrogens is 4. The Bertz CT molecular complexity index is 1740. The largest absolute Gasteiger partial charge is 0.364 e. The number of rotatable bonds is 4. The lowest BCUT2D eigenvalue weighted by Crippen LogP contribution is -2.30. The summed E-state index contributed by atoms with van der Waals surface area (Å²) in [6.45, 7) is 3.28. The van der Waals surface area contributed by atoms with Gasteiger partial charge in [-0.25, -0.2) is 4.39 Å². The van der Waals surface area contributed by atoms with Gasteiger partial charge in [-0.1, -0.05) is 17.7 Å². The van der Waals surface area contributed by atoms with Crippen LogP contribution in [0.1, 0.15) is 33.7 Å². The van der Waals surface area contributed by atoms with Crippen LogP contribution < -0.4 is 15.8 Å². The highest BCUT2D eigenvalue weighted by molar-refractivity contribution is 6.05. The predicted molar refractivity (Wildman–Crippen MR) is 141 cm³/mol. The molecule has 186 valence electrons. The number of anilines is 2. The molecule has 2 aromatic heterocycles.